The third-order valence-electron chi connectivity index (χ3n) is 5.71. The number of ketones is 1. The Kier molecular flexibility index (Phi) is 4.09. The van der Waals surface area contributed by atoms with Crippen molar-refractivity contribution >= 4 is 23.3 Å². The lowest BCUT2D eigenvalue weighted by molar-refractivity contribution is -0.116. The number of benzene rings is 2. The van der Waals surface area contributed by atoms with Crippen LogP contribution < -0.4 is 5.32 Å². The summed E-state index contributed by atoms with van der Waals surface area (Å²) in [6, 6.07) is 17.9. The minimum absolute atomic E-state index is 0.158. The Morgan fingerprint density at radius 3 is 2.64 bits per heavy atom. The van der Waals surface area contributed by atoms with Gasteiger partial charge in [0, 0.05) is 28.6 Å². The molecule has 1 aliphatic heterocycles. The van der Waals surface area contributed by atoms with Gasteiger partial charge >= 0.3 is 0 Å². The molecule has 1 aliphatic carbocycles. The van der Waals surface area contributed by atoms with Gasteiger partial charge in [-0.15, -0.1) is 0 Å². The van der Waals surface area contributed by atoms with Crippen molar-refractivity contribution in [2.75, 3.05) is 5.32 Å². The molecule has 2 aromatic carbocycles. The van der Waals surface area contributed by atoms with E-state index in [0.717, 1.165) is 34.5 Å². The molecule has 1 N–H and O–H groups in total. The highest BCUT2D eigenvalue weighted by atomic mass is 35.5. The number of Topliss-reactive ketones (excluding diaryl/α,β-unsaturated/α-hetero) is 1. The fourth-order valence-electron chi connectivity index (χ4n) is 4.45. The molecule has 0 saturated heterocycles. The minimum Gasteiger partial charge on any atom is -0.338 e. The lowest BCUT2D eigenvalue weighted by Crippen LogP contribution is -2.29. The number of aryl methyl sites for hydroxylation is 1. The summed E-state index contributed by atoms with van der Waals surface area (Å²) in [6.07, 6.45) is 1.27. The maximum atomic E-state index is 13.3. The molecule has 0 fully saturated rings. The third kappa shape index (κ3) is 2.76. The highest BCUT2D eigenvalue weighted by Crippen LogP contribution is 2.49. The van der Waals surface area contributed by atoms with Gasteiger partial charge in [-0.1, -0.05) is 59.2 Å². The standard InChI is InChI=1S/C23H19ClN2O2/c1-13-20-21(15-8-5-9-17(24)10-15)22-18(25-23(20)28-26-13)11-16(12-19(22)27)14-6-3-2-4-7-14/h2-10,16,21,25H,11-12H2,1H3/t16-,21+/m1/s1. The second-order valence-corrected chi connectivity index (χ2v) is 7.89. The van der Waals surface area contributed by atoms with Crippen molar-refractivity contribution in [1.82, 2.24) is 5.16 Å². The first-order chi connectivity index (χ1) is 13.6. The van der Waals surface area contributed by atoms with E-state index in [1.807, 2.05) is 49.4 Å². The molecule has 1 aromatic heterocycles. The molecule has 0 amide bonds. The SMILES string of the molecule is Cc1noc2c1[C@H](c1cccc(Cl)c1)C1=C(C[C@@H](c3ccccc3)CC1=O)N2. The molecule has 2 aliphatic rings. The van der Waals surface area contributed by atoms with E-state index >= 15 is 0 Å². The van der Waals surface area contributed by atoms with Crippen LogP contribution in [0.2, 0.25) is 5.02 Å². The number of hydrogen-bond donors (Lipinski definition) is 1. The van der Waals surface area contributed by atoms with Crippen molar-refractivity contribution in [2.45, 2.75) is 31.6 Å². The van der Waals surface area contributed by atoms with Crippen molar-refractivity contribution in [1.29, 1.82) is 0 Å². The molecule has 0 unspecified atom stereocenters. The fraction of sp³-hybridized carbons (Fsp3) is 0.217. The number of fused-ring (bicyclic) bond motifs is 1. The minimum atomic E-state index is -0.208. The van der Waals surface area contributed by atoms with Gasteiger partial charge in [-0.05, 0) is 42.5 Å². The number of rotatable bonds is 2. The Morgan fingerprint density at radius 1 is 1.07 bits per heavy atom. The van der Waals surface area contributed by atoms with Gasteiger partial charge in [-0.3, -0.25) is 4.79 Å². The Hall–Kier alpha value is -2.85. The van der Waals surface area contributed by atoms with E-state index in [-0.39, 0.29) is 17.6 Å². The number of carbonyl (C=O) groups excluding carboxylic acids is 1. The smallest absolute Gasteiger partial charge is 0.233 e. The van der Waals surface area contributed by atoms with E-state index in [0.29, 0.717) is 17.3 Å². The zero-order valence-electron chi connectivity index (χ0n) is 15.4. The lowest BCUT2D eigenvalue weighted by Gasteiger charge is -2.34. The molecule has 2 atom stereocenters. The van der Waals surface area contributed by atoms with E-state index in [9.17, 15) is 4.79 Å². The van der Waals surface area contributed by atoms with Crippen LogP contribution in [0.1, 0.15) is 47.1 Å². The van der Waals surface area contributed by atoms with Crippen LogP contribution in [-0.2, 0) is 4.79 Å². The van der Waals surface area contributed by atoms with Crippen LogP contribution in [0.5, 0.6) is 0 Å². The molecule has 5 rings (SSSR count). The van der Waals surface area contributed by atoms with E-state index in [4.69, 9.17) is 16.1 Å². The van der Waals surface area contributed by atoms with Crippen LogP contribution in [0.3, 0.4) is 0 Å². The van der Waals surface area contributed by atoms with Crippen LogP contribution in [0.4, 0.5) is 5.88 Å². The normalized spacial score (nSPS) is 21.1. The summed E-state index contributed by atoms with van der Waals surface area (Å²) < 4.78 is 5.55. The largest absolute Gasteiger partial charge is 0.338 e. The number of carbonyl (C=O) groups is 1. The van der Waals surface area contributed by atoms with Crippen LogP contribution in [0.25, 0.3) is 0 Å². The Labute approximate surface area is 168 Å². The molecular weight excluding hydrogens is 372 g/mol. The molecule has 140 valence electrons. The average molecular weight is 391 g/mol. The molecule has 28 heavy (non-hydrogen) atoms. The second-order valence-electron chi connectivity index (χ2n) is 7.46. The first kappa shape index (κ1) is 17.3. The number of anilines is 1. The summed E-state index contributed by atoms with van der Waals surface area (Å²) in [7, 11) is 0. The Bertz CT molecular complexity index is 1100. The fourth-order valence-corrected chi connectivity index (χ4v) is 4.65. The van der Waals surface area contributed by atoms with Crippen molar-refractivity contribution in [3.05, 3.63) is 93.3 Å². The zero-order chi connectivity index (χ0) is 19.3. The van der Waals surface area contributed by atoms with Crippen molar-refractivity contribution < 1.29 is 9.32 Å². The van der Waals surface area contributed by atoms with Gasteiger partial charge in [0.05, 0.1) is 11.3 Å². The van der Waals surface area contributed by atoms with Gasteiger partial charge in [0.25, 0.3) is 0 Å². The Balaban J connectivity index is 1.64. The van der Waals surface area contributed by atoms with Crippen molar-refractivity contribution in [2.24, 2.45) is 0 Å². The van der Waals surface area contributed by atoms with Gasteiger partial charge < -0.3 is 9.84 Å². The number of hydrogen-bond acceptors (Lipinski definition) is 4. The first-order valence-corrected chi connectivity index (χ1v) is 9.79. The molecule has 0 saturated carbocycles. The topological polar surface area (TPSA) is 55.1 Å². The summed E-state index contributed by atoms with van der Waals surface area (Å²) in [5.74, 6) is 0.743. The molecule has 0 radical (unpaired) electrons. The number of allylic oxidation sites excluding steroid dienone is 2. The molecular formula is C23H19ClN2O2. The van der Waals surface area contributed by atoms with E-state index in [1.165, 1.54) is 5.56 Å². The molecule has 4 nitrogen and oxygen atoms in total. The van der Waals surface area contributed by atoms with Crippen LogP contribution in [-0.4, -0.2) is 10.9 Å². The monoisotopic (exact) mass is 390 g/mol. The number of halogens is 1. The van der Waals surface area contributed by atoms with Crippen LogP contribution in [0, 0.1) is 6.92 Å². The maximum absolute atomic E-state index is 13.3. The number of aromatic nitrogens is 1. The van der Waals surface area contributed by atoms with Crippen LogP contribution in [0.15, 0.2) is 70.4 Å². The first-order valence-electron chi connectivity index (χ1n) is 9.41. The zero-order valence-corrected chi connectivity index (χ0v) is 16.2. The number of nitrogens with zero attached hydrogens (tertiary/aromatic N) is 1. The van der Waals surface area contributed by atoms with Crippen molar-refractivity contribution in [3.63, 3.8) is 0 Å². The molecule has 0 bridgehead atoms. The second kappa shape index (κ2) is 6.64. The molecule has 3 aromatic rings. The lowest BCUT2D eigenvalue weighted by atomic mass is 9.72. The molecule has 5 heteroatoms. The summed E-state index contributed by atoms with van der Waals surface area (Å²) >= 11 is 6.26. The van der Waals surface area contributed by atoms with Gasteiger partial charge in [-0.25, -0.2) is 0 Å². The molecule has 2 heterocycles. The van der Waals surface area contributed by atoms with Crippen molar-refractivity contribution in [3.8, 4) is 0 Å². The summed E-state index contributed by atoms with van der Waals surface area (Å²) in [4.78, 5) is 13.3. The maximum Gasteiger partial charge on any atom is 0.233 e. The summed E-state index contributed by atoms with van der Waals surface area (Å²) in [6.45, 7) is 1.91. The third-order valence-corrected chi connectivity index (χ3v) is 5.95. The van der Waals surface area contributed by atoms with Crippen LogP contribution >= 0.6 is 11.6 Å². The molecule has 0 spiro atoms. The van der Waals surface area contributed by atoms with Gasteiger partial charge in [0.1, 0.15) is 0 Å². The van der Waals surface area contributed by atoms with E-state index in [2.05, 4.69) is 22.6 Å². The highest BCUT2D eigenvalue weighted by Gasteiger charge is 2.41. The summed E-state index contributed by atoms with van der Waals surface area (Å²) in [5, 5.41) is 8.16. The highest BCUT2D eigenvalue weighted by molar-refractivity contribution is 6.30. The van der Waals surface area contributed by atoms with Gasteiger partial charge in [0.15, 0.2) is 5.78 Å². The predicted octanol–water partition coefficient (Wildman–Crippen LogP) is 5.59. The number of nitrogens with one attached hydrogen (secondary N) is 1. The predicted molar refractivity (Wildman–Crippen MR) is 109 cm³/mol. The van der Waals surface area contributed by atoms with Gasteiger partial charge in [0.2, 0.25) is 5.88 Å². The average Bonchev–Trinajstić information content (AvgIpc) is 3.07. The quantitative estimate of drug-likeness (QED) is 0.619. The summed E-state index contributed by atoms with van der Waals surface area (Å²) in [5.41, 5.74) is 5.63. The van der Waals surface area contributed by atoms with E-state index in [1.54, 1.807) is 0 Å². The van der Waals surface area contributed by atoms with E-state index < -0.39 is 0 Å². The van der Waals surface area contributed by atoms with Gasteiger partial charge in [-0.2, -0.15) is 0 Å². The Morgan fingerprint density at radius 2 is 1.86 bits per heavy atom.